The second kappa shape index (κ2) is 5.18. The zero-order valence-electron chi connectivity index (χ0n) is 10.1. The van der Waals surface area contributed by atoms with Gasteiger partial charge in [-0.15, -0.1) is 11.3 Å². The number of nitrogens with zero attached hydrogens (tertiary/aromatic N) is 1. The van der Waals surface area contributed by atoms with Crippen molar-refractivity contribution in [2.45, 2.75) is 19.4 Å². The van der Waals surface area contributed by atoms with E-state index in [2.05, 4.69) is 26.1 Å². The van der Waals surface area contributed by atoms with Gasteiger partial charge in [0.2, 0.25) is 0 Å². The van der Waals surface area contributed by atoms with Crippen LogP contribution in [0.25, 0.3) is 0 Å². The summed E-state index contributed by atoms with van der Waals surface area (Å²) in [5.41, 5.74) is -0.410. The first-order valence-electron chi connectivity index (χ1n) is 5.78. The van der Waals surface area contributed by atoms with E-state index in [9.17, 15) is 4.79 Å². The van der Waals surface area contributed by atoms with E-state index in [-0.39, 0.29) is 5.78 Å². The third kappa shape index (κ3) is 2.78. The Kier molecular flexibility index (Phi) is 4.02. The lowest BCUT2D eigenvalue weighted by atomic mass is 9.94. The Hall–Kier alpha value is -0.230. The molecule has 0 amide bonds. The van der Waals surface area contributed by atoms with Gasteiger partial charge in [0.1, 0.15) is 0 Å². The summed E-state index contributed by atoms with van der Waals surface area (Å²) >= 11 is 4.92. The lowest BCUT2D eigenvalue weighted by Crippen LogP contribution is -2.56. The summed E-state index contributed by atoms with van der Waals surface area (Å²) < 4.78 is 1.01. The molecule has 0 spiro atoms. The van der Waals surface area contributed by atoms with Gasteiger partial charge in [0, 0.05) is 26.2 Å². The van der Waals surface area contributed by atoms with Crippen LogP contribution in [0.3, 0.4) is 0 Å². The summed E-state index contributed by atoms with van der Waals surface area (Å²) in [6.45, 7) is 7.84. The molecule has 94 valence electrons. The molecule has 0 aliphatic carbocycles. The van der Waals surface area contributed by atoms with Crippen molar-refractivity contribution in [3.8, 4) is 0 Å². The lowest BCUT2D eigenvalue weighted by molar-refractivity contribution is 0.0607. The Bertz CT molecular complexity index is 410. The van der Waals surface area contributed by atoms with Crippen LogP contribution in [0, 0.1) is 0 Å². The van der Waals surface area contributed by atoms with Crippen molar-refractivity contribution in [3.63, 3.8) is 0 Å². The lowest BCUT2D eigenvalue weighted by Gasteiger charge is -2.39. The van der Waals surface area contributed by atoms with Crippen molar-refractivity contribution < 1.29 is 4.79 Å². The van der Waals surface area contributed by atoms with Crippen LogP contribution < -0.4 is 5.32 Å². The van der Waals surface area contributed by atoms with E-state index in [0.717, 1.165) is 34.8 Å². The van der Waals surface area contributed by atoms with Crippen molar-refractivity contribution in [3.05, 3.63) is 20.8 Å². The standard InChI is InChI=1S/C12H17BrN2OS/c1-12(2,15-7-5-14-6-8-15)11(16)9-3-4-10(13)17-9/h3-4,14H,5-8H2,1-2H3. The van der Waals surface area contributed by atoms with Gasteiger partial charge in [-0.3, -0.25) is 9.69 Å². The van der Waals surface area contributed by atoms with Crippen molar-refractivity contribution in [1.29, 1.82) is 0 Å². The van der Waals surface area contributed by atoms with E-state index in [1.165, 1.54) is 11.3 Å². The minimum atomic E-state index is -0.410. The highest BCUT2D eigenvalue weighted by atomic mass is 79.9. The molecule has 5 heteroatoms. The molecular weight excluding hydrogens is 300 g/mol. The summed E-state index contributed by atoms with van der Waals surface area (Å²) in [5.74, 6) is 0.218. The van der Waals surface area contributed by atoms with Crippen molar-refractivity contribution in [2.24, 2.45) is 0 Å². The van der Waals surface area contributed by atoms with Crippen LogP contribution in [0.2, 0.25) is 0 Å². The fourth-order valence-corrected chi connectivity index (χ4v) is 3.59. The van der Waals surface area contributed by atoms with E-state index >= 15 is 0 Å². The number of hydrogen-bond acceptors (Lipinski definition) is 4. The quantitative estimate of drug-likeness (QED) is 0.869. The Labute approximate surface area is 114 Å². The molecule has 17 heavy (non-hydrogen) atoms. The number of carbonyl (C=O) groups excluding carboxylic acids is 1. The van der Waals surface area contributed by atoms with E-state index in [1.807, 2.05) is 26.0 Å². The molecule has 1 N–H and O–H groups in total. The first-order chi connectivity index (χ1) is 8.01. The maximum atomic E-state index is 12.5. The molecule has 1 fully saturated rings. The third-order valence-corrected chi connectivity index (χ3v) is 4.88. The van der Waals surface area contributed by atoms with Crippen molar-refractivity contribution in [2.75, 3.05) is 26.2 Å². The van der Waals surface area contributed by atoms with Gasteiger partial charge in [0.15, 0.2) is 5.78 Å². The van der Waals surface area contributed by atoms with Crippen LogP contribution in [0.1, 0.15) is 23.5 Å². The molecule has 3 nitrogen and oxygen atoms in total. The fraction of sp³-hybridized carbons (Fsp3) is 0.583. The summed E-state index contributed by atoms with van der Waals surface area (Å²) in [4.78, 5) is 15.6. The summed E-state index contributed by atoms with van der Waals surface area (Å²) in [6, 6.07) is 3.84. The number of rotatable bonds is 3. The average molecular weight is 317 g/mol. The van der Waals surface area contributed by atoms with Crippen LogP contribution in [0.4, 0.5) is 0 Å². The first kappa shape index (κ1) is 13.2. The Morgan fingerprint density at radius 3 is 2.59 bits per heavy atom. The fourth-order valence-electron chi connectivity index (χ4n) is 2.11. The number of carbonyl (C=O) groups is 1. The highest BCUT2D eigenvalue weighted by molar-refractivity contribution is 9.11. The number of halogens is 1. The molecule has 1 saturated heterocycles. The Balaban J connectivity index is 2.16. The highest BCUT2D eigenvalue weighted by Crippen LogP contribution is 2.28. The number of hydrogen-bond donors (Lipinski definition) is 1. The van der Waals surface area contributed by atoms with Gasteiger partial charge in [0.25, 0.3) is 0 Å². The van der Waals surface area contributed by atoms with Gasteiger partial charge in [-0.25, -0.2) is 0 Å². The number of piperazine rings is 1. The van der Waals surface area contributed by atoms with Gasteiger partial charge in [-0.2, -0.15) is 0 Å². The van der Waals surface area contributed by atoms with Crippen LogP contribution >= 0.6 is 27.3 Å². The van der Waals surface area contributed by atoms with Crippen LogP contribution in [0.15, 0.2) is 15.9 Å². The number of thiophene rings is 1. The first-order valence-corrected chi connectivity index (χ1v) is 7.38. The van der Waals surface area contributed by atoms with E-state index in [4.69, 9.17) is 0 Å². The maximum Gasteiger partial charge on any atom is 0.192 e. The SMILES string of the molecule is CC(C)(C(=O)c1ccc(Br)s1)N1CCNCC1. The second-order valence-corrected chi connectivity index (χ2v) is 7.19. The molecule has 2 rings (SSSR count). The summed E-state index contributed by atoms with van der Waals surface area (Å²) in [5, 5.41) is 3.31. The average Bonchev–Trinajstić information content (AvgIpc) is 2.76. The zero-order chi connectivity index (χ0) is 12.5. The van der Waals surface area contributed by atoms with Gasteiger partial charge >= 0.3 is 0 Å². The highest BCUT2D eigenvalue weighted by Gasteiger charge is 2.36. The number of Topliss-reactive ketones (excluding diaryl/α,β-unsaturated/α-hetero) is 1. The van der Waals surface area contributed by atoms with Crippen molar-refractivity contribution in [1.82, 2.24) is 10.2 Å². The summed E-state index contributed by atoms with van der Waals surface area (Å²) in [6.07, 6.45) is 0. The number of nitrogens with one attached hydrogen (secondary N) is 1. The Morgan fingerprint density at radius 2 is 2.06 bits per heavy atom. The number of ketones is 1. The van der Waals surface area contributed by atoms with Crippen LogP contribution in [-0.2, 0) is 0 Å². The molecule has 1 aromatic heterocycles. The predicted octanol–water partition coefficient (Wildman–Crippen LogP) is 2.38. The molecule has 1 aliphatic rings. The normalized spacial score (nSPS) is 18.3. The second-order valence-electron chi connectivity index (χ2n) is 4.73. The minimum absolute atomic E-state index is 0.218. The molecule has 2 heterocycles. The molecule has 0 unspecified atom stereocenters. The molecule has 0 saturated carbocycles. The van der Waals surface area contributed by atoms with E-state index in [0.29, 0.717) is 0 Å². The largest absolute Gasteiger partial charge is 0.314 e. The van der Waals surface area contributed by atoms with Crippen LogP contribution in [0.5, 0.6) is 0 Å². The topological polar surface area (TPSA) is 32.3 Å². The molecule has 0 radical (unpaired) electrons. The third-order valence-electron chi connectivity index (χ3n) is 3.26. The molecule has 1 aromatic rings. The van der Waals surface area contributed by atoms with Gasteiger partial charge in [0.05, 0.1) is 14.2 Å². The minimum Gasteiger partial charge on any atom is -0.314 e. The van der Waals surface area contributed by atoms with Gasteiger partial charge in [-0.1, -0.05) is 0 Å². The van der Waals surface area contributed by atoms with Gasteiger partial charge < -0.3 is 5.32 Å². The van der Waals surface area contributed by atoms with Crippen molar-refractivity contribution >= 4 is 33.0 Å². The molecule has 0 aromatic carbocycles. The van der Waals surface area contributed by atoms with Crippen LogP contribution in [-0.4, -0.2) is 42.4 Å². The molecule has 0 bridgehead atoms. The zero-order valence-corrected chi connectivity index (χ0v) is 12.5. The van der Waals surface area contributed by atoms with Gasteiger partial charge in [-0.05, 0) is 41.9 Å². The predicted molar refractivity (Wildman–Crippen MR) is 74.9 cm³/mol. The van der Waals surface area contributed by atoms with E-state index < -0.39 is 5.54 Å². The molecule has 1 aliphatic heterocycles. The Morgan fingerprint density at radius 1 is 1.41 bits per heavy atom. The molecule has 0 atom stereocenters. The molecular formula is C12H17BrN2OS. The maximum absolute atomic E-state index is 12.5. The smallest absolute Gasteiger partial charge is 0.192 e. The van der Waals surface area contributed by atoms with E-state index in [1.54, 1.807) is 0 Å². The monoisotopic (exact) mass is 316 g/mol. The summed E-state index contributed by atoms with van der Waals surface area (Å²) in [7, 11) is 0.